The van der Waals surface area contributed by atoms with Crippen molar-refractivity contribution in [3.8, 4) is 0 Å². The summed E-state index contributed by atoms with van der Waals surface area (Å²) in [7, 11) is -4.08. The lowest BCUT2D eigenvalue weighted by atomic mass is 10.1. The van der Waals surface area contributed by atoms with E-state index in [1.165, 1.54) is 13.8 Å². The molecule has 0 radical (unpaired) electrons. The van der Waals surface area contributed by atoms with Crippen molar-refractivity contribution in [2.24, 2.45) is 0 Å². The molecule has 0 aliphatic rings. The van der Waals surface area contributed by atoms with Crippen molar-refractivity contribution in [1.29, 1.82) is 0 Å². The van der Waals surface area contributed by atoms with Gasteiger partial charge in [0.05, 0.1) is 16.6 Å². The maximum absolute atomic E-state index is 12.5. The Hall–Kier alpha value is -1.12. The summed E-state index contributed by atoms with van der Waals surface area (Å²) in [4.78, 5) is -0.442. The Morgan fingerprint density at radius 2 is 1.95 bits per heavy atom. The van der Waals surface area contributed by atoms with Gasteiger partial charge in [0, 0.05) is 6.54 Å². The number of aliphatic hydroxyl groups excluding tert-OH is 1. The second-order valence-corrected chi connectivity index (χ2v) is 5.91. The van der Waals surface area contributed by atoms with Gasteiger partial charge in [-0.25, -0.2) is 13.1 Å². The molecule has 19 heavy (non-hydrogen) atoms. The van der Waals surface area contributed by atoms with Crippen LogP contribution in [0.2, 0.25) is 0 Å². The SMILES string of the molecule is Cc1ccc(C(F)(F)F)cc1S(=O)(=O)NCC(C)O. The van der Waals surface area contributed by atoms with Gasteiger partial charge in [-0.1, -0.05) is 6.07 Å². The lowest BCUT2D eigenvalue weighted by Crippen LogP contribution is -2.31. The van der Waals surface area contributed by atoms with Crippen molar-refractivity contribution in [3.05, 3.63) is 29.3 Å². The topological polar surface area (TPSA) is 66.4 Å². The van der Waals surface area contributed by atoms with Crippen LogP contribution < -0.4 is 4.72 Å². The van der Waals surface area contributed by atoms with Crippen molar-refractivity contribution in [3.63, 3.8) is 0 Å². The van der Waals surface area contributed by atoms with E-state index in [-0.39, 0.29) is 12.1 Å². The number of halogens is 3. The van der Waals surface area contributed by atoms with E-state index in [0.29, 0.717) is 6.07 Å². The first kappa shape index (κ1) is 15.9. The fraction of sp³-hybridized carbons (Fsp3) is 0.455. The van der Waals surface area contributed by atoms with Gasteiger partial charge >= 0.3 is 6.18 Å². The average molecular weight is 297 g/mol. The quantitative estimate of drug-likeness (QED) is 0.888. The zero-order chi connectivity index (χ0) is 14.8. The molecule has 0 amide bonds. The first-order chi connectivity index (χ1) is 8.54. The van der Waals surface area contributed by atoms with Crippen LogP contribution in [0.1, 0.15) is 18.1 Å². The molecule has 1 unspecified atom stereocenters. The zero-order valence-electron chi connectivity index (χ0n) is 10.3. The van der Waals surface area contributed by atoms with Crippen LogP contribution in [0.25, 0.3) is 0 Å². The third-order valence-corrected chi connectivity index (χ3v) is 3.94. The van der Waals surface area contributed by atoms with Crippen LogP contribution >= 0.6 is 0 Å². The van der Waals surface area contributed by atoms with E-state index in [1.54, 1.807) is 0 Å². The van der Waals surface area contributed by atoms with Gasteiger partial charge in [-0.15, -0.1) is 0 Å². The van der Waals surface area contributed by atoms with E-state index in [9.17, 15) is 21.6 Å². The summed E-state index contributed by atoms with van der Waals surface area (Å²) in [6.45, 7) is 2.50. The standard InChI is InChI=1S/C11H14F3NO3S/c1-7-3-4-9(11(12,13)14)5-10(7)19(17,18)15-6-8(2)16/h3-5,8,15-16H,6H2,1-2H3. The second-order valence-electron chi connectivity index (χ2n) is 4.18. The molecular weight excluding hydrogens is 283 g/mol. The molecule has 0 bridgehead atoms. The maximum atomic E-state index is 12.5. The molecule has 0 fully saturated rings. The summed E-state index contributed by atoms with van der Waals surface area (Å²) < 4.78 is 63.4. The second kappa shape index (κ2) is 5.48. The first-order valence-electron chi connectivity index (χ1n) is 5.39. The fourth-order valence-electron chi connectivity index (χ4n) is 1.37. The number of sulfonamides is 1. The van der Waals surface area contributed by atoms with Gasteiger partial charge in [0.2, 0.25) is 10.0 Å². The number of aliphatic hydroxyl groups is 1. The van der Waals surface area contributed by atoms with Crippen LogP contribution in [0, 0.1) is 6.92 Å². The van der Waals surface area contributed by atoms with Gasteiger partial charge in [-0.05, 0) is 31.5 Å². The Morgan fingerprint density at radius 1 is 1.37 bits per heavy atom. The molecule has 1 atom stereocenters. The van der Waals surface area contributed by atoms with Crippen LogP contribution in [0.5, 0.6) is 0 Å². The number of nitrogens with one attached hydrogen (secondary N) is 1. The van der Waals surface area contributed by atoms with Gasteiger partial charge in [-0.2, -0.15) is 13.2 Å². The Kier molecular flexibility index (Phi) is 4.59. The van der Waals surface area contributed by atoms with E-state index in [1.807, 2.05) is 4.72 Å². The summed E-state index contributed by atoms with van der Waals surface area (Å²) in [6.07, 6.45) is -5.54. The smallest absolute Gasteiger partial charge is 0.392 e. The molecule has 2 N–H and O–H groups in total. The fourth-order valence-corrected chi connectivity index (χ4v) is 2.76. The molecule has 0 saturated carbocycles. The molecule has 8 heteroatoms. The summed E-state index contributed by atoms with van der Waals surface area (Å²) in [5.74, 6) is 0. The van der Waals surface area contributed by atoms with Gasteiger partial charge in [0.1, 0.15) is 0 Å². The minimum absolute atomic E-state index is 0.200. The van der Waals surface area contributed by atoms with Crippen LogP contribution in [-0.4, -0.2) is 26.2 Å². The molecule has 0 aliphatic heterocycles. The molecule has 108 valence electrons. The third kappa shape index (κ3) is 4.19. The number of hydrogen-bond donors (Lipinski definition) is 2. The Labute approximate surface area is 109 Å². The minimum Gasteiger partial charge on any atom is -0.392 e. The van der Waals surface area contributed by atoms with E-state index in [4.69, 9.17) is 5.11 Å². The summed E-state index contributed by atoms with van der Waals surface area (Å²) >= 11 is 0. The van der Waals surface area contributed by atoms with Crippen LogP contribution in [0.4, 0.5) is 13.2 Å². The highest BCUT2D eigenvalue weighted by Gasteiger charge is 2.32. The van der Waals surface area contributed by atoms with Crippen molar-refractivity contribution in [1.82, 2.24) is 4.72 Å². The molecule has 0 saturated heterocycles. The van der Waals surface area contributed by atoms with Crippen molar-refractivity contribution in [2.75, 3.05) is 6.54 Å². The third-order valence-electron chi connectivity index (χ3n) is 2.37. The molecule has 0 aliphatic carbocycles. The number of alkyl halides is 3. The molecule has 0 spiro atoms. The van der Waals surface area contributed by atoms with Gasteiger partial charge < -0.3 is 5.11 Å². The van der Waals surface area contributed by atoms with E-state index < -0.39 is 32.8 Å². The van der Waals surface area contributed by atoms with E-state index in [2.05, 4.69) is 0 Å². The van der Waals surface area contributed by atoms with Crippen LogP contribution in [0.3, 0.4) is 0 Å². The largest absolute Gasteiger partial charge is 0.416 e. The monoisotopic (exact) mass is 297 g/mol. The average Bonchev–Trinajstić information content (AvgIpc) is 2.25. The molecule has 4 nitrogen and oxygen atoms in total. The van der Waals surface area contributed by atoms with Gasteiger partial charge in [0.15, 0.2) is 0 Å². The maximum Gasteiger partial charge on any atom is 0.416 e. The lowest BCUT2D eigenvalue weighted by Gasteiger charge is -2.13. The summed E-state index contributed by atoms with van der Waals surface area (Å²) in [5, 5.41) is 9.01. The van der Waals surface area contributed by atoms with Crippen molar-refractivity contribution in [2.45, 2.75) is 31.0 Å². The summed E-state index contributed by atoms with van der Waals surface area (Å²) in [5.41, 5.74) is -0.832. The lowest BCUT2D eigenvalue weighted by molar-refractivity contribution is -0.137. The zero-order valence-corrected chi connectivity index (χ0v) is 11.1. The van der Waals surface area contributed by atoms with Crippen molar-refractivity contribution >= 4 is 10.0 Å². The van der Waals surface area contributed by atoms with Crippen LogP contribution in [0.15, 0.2) is 23.1 Å². The first-order valence-corrected chi connectivity index (χ1v) is 6.88. The number of hydrogen-bond acceptors (Lipinski definition) is 3. The molecule has 1 aromatic rings. The Morgan fingerprint density at radius 3 is 2.42 bits per heavy atom. The molecule has 1 rings (SSSR count). The normalized spacial score (nSPS) is 14.4. The molecule has 0 aromatic heterocycles. The van der Waals surface area contributed by atoms with Gasteiger partial charge in [0.25, 0.3) is 0 Å². The predicted molar refractivity (Wildman–Crippen MR) is 63.1 cm³/mol. The van der Waals surface area contributed by atoms with Crippen LogP contribution in [-0.2, 0) is 16.2 Å². The highest BCUT2D eigenvalue weighted by atomic mass is 32.2. The van der Waals surface area contributed by atoms with Crippen molar-refractivity contribution < 1.29 is 26.7 Å². The minimum atomic E-state index is -4.61. The Bertz CT molecular complexity index is 553. The van der Waals surface area contributed by atoms with E-state index >= 15 is 0 Å². The number of aryl methyl sites for hydroxylation is 1. The Balaban J connectivity index is 3.19. The predicted octanol–water partition coefficient (Wildman–Crippen LogP) is 1.67. The van der Waals surface area contributed by atoms with E-state index in [0.717, 1.165) is 12.1 Å². The molecule has 0 heterocycles. The van der Waals surface area contributed by atoms with Gasteiger partial charge in [-0.3, -0.25) is 0 Å². The number of rotatable bonds is 4. The highest BCUT2D eigenvalue weighted by Crippen LogP contribution is 2.31. The molecular formula is C11H14F3NO3S. The highest BCUT2D eigenvalue weighted by molar-refractivity contribution is 7.89. The molecule has 1 aromatic carbocycles. The number of benzene rings is 1. The summed E-state index contributed by atoms with van der Waals surface area (Å²) in [6, 6.07) is 2.50.